The molecule has 0 unspecified atom stereocenters. The average Bonchev–Trinajstić information content (AvgIpc) is 3.41. The molecular weight excluding hydrogens is 433 g/mol. The highest BCUT2D eigenvalue weighted by Gasteiger charge is 2.37. The molecule has 1 saturated heterocycles. The summed E-state index contributed by atoms with van der Waals surface area (Å²) in [5, 5.41) is 4.78. The van der Waals surface area contributed by atoms with Gasteiger partial charge in [-0.25, -0.2) is 9.50 Å². The highest BCUT2D eigenvalue weighted by molar-refractivity contribution is 5.84. The van der Waals surface area contributed by atoms with Gasteiger partial charge in [-0.15, -0.1) is 5.10 Å². The number of hydrogen-bond acceptors (Lipinski definition) is 4. The maximum absolute atomic E-state index is 13.0. The Morgan fingerprint density at radius 1 is 1.15 bits per heavy atom. The van der Waals surface area contributed by atoms with E-state index in [1.807, 2.05) is 17.0 Å². The molecule has 1 aliphatic rings. The predicted octanol–water partition coefficient (Wildman–Crippen LogP) is 4.19. The van der Waals surface area contributed by atoms with Crippen molar-refractivity contribution in [2.45, 2.75) is 45.2 Å². The van der Waals surface area contributed by atoms with Crippen LogP contribution in [0.5, 0.6) is 0 Å². The SMILES string of the molecule is Cc1nc2nc(C(F)(F)F)nn2c(C)c1CC(=O)N1CCC(c2c[nH]c3ccccc23)CC1. The average molecular weight is 456 g/mol. The number of aromatic nitrogens is 5. The molecule has 10 heteroatoms. The van der Waals surface area contributed by atoms with Gasteiger partial charge in [0.2, 0.25) is 5.91 Å². The number of likely N-dealkylation sites (tertiary alicyclic amines) is 1. The number of fused-ring (bicyclic) bond motifs is 2. The molecule has 172 valence electrons. The van der Waals surface area contributed by atoms with Gasteiger partial charge >= 0.3 is 6.18 Å². The van der Waals surface area contributed by atoms with Crippen LogP contribution in [-0.4, -0.2) is 48.5 Å². The van der Waals surface area contributed by atoms with Crippen LogP contribution in [0.1, 0.15) is 47.1 Å². The smallest absolute Gasteiger partial charge is 0.361 e. The van der Waals surface area contributed by atoms with Crippen LogP contribution in [0.4, 0.5) is 13.2 Å². The van der Waals surface area contributed by atoms with Gasteiger partial charge in [-0.2, -0.15) is 18.2 Å². The van der Waals surface area contributed by atoms with Crippen molar-refractivity contribution in [3.63, 3.8) is 0 Å². The number of carbonyl (C=O) groups excluding carboxylic acids is 1. The normalized spacial score (nSPS) is 15.6. The molecule has 1 fully saturated rings. The zero-order valence-electron chi connectivity index (χ0n) is 18.3. The minimum Gasteiger partial charge on any atom is -0.361 e. The van der Waals surface area contributed by atoms with Gasteiger partial charge in [0.15, 0.2) is 0 Å². The number of halogens is 3. The fourth-order valence-electron chi connectivity index (χ4n) is 4.72. The second-order valence-corrected chi connectivity index (χ2v) is 8.53. The third-order valence-corrected chi connectivity index (χ3v) is 6.54. The van der Waals surface area contributed by atoms with E-state index in [-0.39, 0.29) is 18.1 Å². The summed E-state index contributed by atoms with van der Waals surface area (Å²) in [5.74, 6) is -1.04. The molecule has 0 bridgehead atoms. The largest absolute Gasteiger partial charge is 0.453 e. The lowest BCUT2D eigenvalue weighted by atomic mass is 9.89. The van der Waals surface area contributed by atoms with Crippen molar-refractivity contribution >= 4 is 22.6 Å². The second-order valence-electron chi connectivity index (χ2n) is 8.53. The number of amides is 1. The van der Waals surface area contributed by atoms with E-state index >= 15 is 0 Å². The number of carbonyl (C=O) groups is 1. The zero-order chi connectivity index (χ0) is 23.3. The number of rotatable bonds is 3. The summed E-state index contributed by atoms with van der Waals surface area (Å²) in [6.45, 7) is 4.60. The number of aromatic amines is 1. The van der Waals surface area contributed by atoms with Crippen LogP contribution < -0.4 is 0 Å². The fraction of sp³-hybridized carbons (Fsp3) is 0.391. The maximum Gasteiger partial charge on any atom is 0.453 e. The first-order chi connectivity index (χ1) is 15.7. The Morgan fingerprint density at radius 3 is 2.61 bits per heavy atom. The van der Waals surface area contributed by atoms with Crippen molar-refractivity contribution in [3.05, 3.63) is 58.8 Å². The van der Waals surface area contributed by atoms with E-state index < -0.39 is 12.0 Å². The molecule has 33 heavy (non-hydrogen) atoms. The topological polar surface area (TPSA) is 79.2 Å². The standard InChI is InChI=1S/C23H23F3N6O/c1-13-17(14(2)32-22(28-13)29-21(30-32)23(24,25)26)11-20(33)31-9-7-15(8-10-31)18-12-27-19-6-4-3-5-16(18)19/h3-6,12,15,27H,7-11H2,1-2H3. The summed E-state index contributed by atoms with van der Waals surface area (Å²) in [4.78, 5) is 25.8. The zero-order valence-corrected chi connectivity index (χ0v) is 18.3. The molecule has 5 rings (SSSR count). The van der Waals surface area contributed by atoms with E-state index in [0.717, 1.165) is 22.9 Å². The molecule has 1 N–H and O–H groups in total. The van der Waals surface area contributed by atoms with Crippen molar-refractivity contribution in [3.8, 4) is 0 Å². The summed E-state index contributed by atoms with van der Waals surface area (Å²) < 4.78 is 40.1. The van der Waals surface area contributed by atoms with Gasteiger partial charge in [0.05, 0.1) is 6.42 Å². The number of hydrogen-bond donors (Lipinski definition) is 1. The van der Waals surface area contributed by atoms with Crippen LogP contribution in [0.2, 0.25) is 0 Å². The van der Waals surface area contributed by atoms with Crippen LogP contribution in [-0.2, 0) is 17.4 Å². The van der Waals surface area contributed by atoms with Gasteiger partial charge in [0.1, 0.15) is 0 Å². The number of nitrogens with zero attached hydrogens (tertiary/aromatic N) is 5. The van der Waals surface area contributed by atoms with E-state index in [4.69, 9.17) is 0 Å². The molecule has 4 aromatic rings. The first-order valence-corrected chi connectivity index (χ1v) is 10.9. The molecule has 3 aromatic heterocycles. The van der Waals surface area contributed by atoms with Gasteiger partial charge in [-0.3, -0.25) is 4.79 Å². The first kappa shape index (κ1) is 21.4. The van der Waals surface area contributed by atoms with Crippen molar-refractivity contribution in [1.82, 2.24) is 29.5 Å². The van der Waals surface area contributed by atoms with E-state index in [1.54, 1.807) is 13.8 Å². The molecule has 7 nitrogen and oxygen atoms in total. The monoisotopic (exact) mass is 456 g/mol. The molecule has 1 aliphatic heterocycles. The highest BCUT2D eigenvalue weighted by Crippen LogP contribution is 2.33. The van der Waals surface area contributed by atoms with Crippen molar-refractivity contribution < 1.29 is 18.0 Å². The quantitative estimate of drug-likeness (QED) is 0.501. The molecule has 4 heterocycles. The van der Waals surface area contributed by atoms with Gasteiger partial charge in [-0.05, 0) is 44.2 Å². The predicted molar refractivity (Wildman–Crippen MR) is 116 cm³/mol. The molecule has 0 radical (unpaired) electrons. The van der Waals surface area contributed by atoms with Crippen LogP contribution in [0.15, 0.2) is 30.5 Å². The molecule has 1 aromatic carbocycles. The summed E-state index contributed by atoms with van der Waals surface area (Å²) in [6, 6.07) is 8.20. The number of nitrogens with one attached hydrogen (secondary N) is 1. The van der Waals surface area contributed by atoms with E-state index in [0.29, 0.717) is 36.0 Å². The first-order valence-electron chi connectivity index (χ1n) is 10.9. The third-order valence-electron chi connectivity index (χ3n) is 6.54. The second kappa shape index (κ2) is 7.86. The minimum absolute atomic E-state index is 0.0594. The number of para-hydroxylation sites is 1. The highest BCUT2D eigenvalue weighted by atomic mass is 19.4. The molecule has 0 atom stereocenters. The lowest BCUT2D eigenvalue weighted by molar-refractivity contribution is -0.144. The number of H-pyrrole nitrogens is 1. The van der Waals surface area contributed by atoms with Crippen LogP contribution in [0.3, 0.4) is 0 Å². The van der Waals surface area contributed by atoms with Crippen LogP contribution in [0.25, 0.3) is 16.7 Å². The Labute approximate surface area is 187 Å². The van der Waals surface area contributed by atoms with Crippen molar-refractivity contribution in [2.24, 2.45) is 0 Å². The van der Waals surface area contributed by atoms with Gasteiger partial charge in [0, 0.05) is 47.1 Å². The van der Waals surface area contributed by atoms with E-state index in [2.05, 4.69) is 38.4 Å². The summed E-state index contributed by atoms with van der Waals surface area (Å²) >= 11 is 0. The number of piperidine rings is 1. The molecule has 0 aliphatic carbocycles. The molecule has 0 spiro atoms. The lowest BCUT2D eigenvalue weighted by Gasteiger charge is -2.32. The minimum atomic E-state index is -4.65. The Morgan fingerprint density at radius 2 is 1.88 bits per heavy atom. The van der Waals surface area contributed by atoms with Crippen molar-refractivity contribution in [1.29, 1.82) is 0 Å². The number of benzene rings is 1. The lowest BCUT2D eigenvalue weighted by Crippen LogP contribution is -2.39. The Hall–Kier alpha value is -3.43. The number of alkyl halides is 3. The summed E-state index contributed by atoms with van der Waals surface area (Å²) in [5.41, 5.74) is 3.92. The Bertz CT molecular complexity index is 1350. The molecule has 0 saturated carbocycles. The maximum atomic E-state index is 13.0. The van der Waals surface area contributed by atoms with E-state index in [1.165, 1.54) is 10.9 Å². The number of aryl methyl sites for hydroxylation is 2. The van der Waals surface area contributed by atoms with Gasteiger partial charge < -0.3 is 9.88 Å². The summed E-state index contributed by atoms with van der Waals surface area (Å²) in [7, 11) is 0. The van der Waals surface area contributed by atoms with Crippen LogP contribution in [0, 0.1) is 13.8 Å². The summed E-state index contributed by atoms with van der Waals surface area (Å²) in [6.07, 6.45) is -0.797. The molecule has 1 amide bonds. The fourth-order valence-corrected chi connectivity index (χ4v) is 4.72. The van der Waals surface area contributed by atoms with E-state index in [9.17, 15) is 18.0 Å². The van der Waals surface area contributed by atoms with Crippen molar-refractivity contribution in [2.75, 3.05) is 13.1 Å². The Kier molecular flexibility index (Phi) is 5.10. The Balaban J connectivity index is 1.31. The molecular formula is C23H23F3N6O. The third kappa shape index (κ3) is 3.83. The van der Waals surface area contributed by atoms with Gasteiger partial charge in [-0.1, -0.05) is 18.2 Å². The van der Waals surface area contributed by atoms with Crippen LogP contribution >= 0.6 is 0 Å². The van der Waals surface area contributed by atoms with Gasteiger partial charge in [0.25, 0.3) is 11.6 Å².